The van der Waals surface area contributed by atoms with Gasteiger partial charge in [-0.1, -0.05) is 135 Å². The smallest absolute Gasteiger partial charge is 0.164 e. The quantitative estimate of drug-likeness (QED) is 0.203. The summed E-state index contributed by atoms with van der Waals surface area (Å²) in [5, 5.41) is 1.59. The van der Waals surface area contributed by atoms with Crippen LogP contribution in [0.25, 0.3) is 78.4 Å². The zero-order chi connectivity index (χ0) is 35.2. The number of furan rings is 1. The standard InChI is InChI=1S/C42H29N3O/c1-42(2)35-19-10-9-16-31(35)34-24-28(21-23-36(34)42)40-43-39(27-14-7-4-8-15-27)44-41(45-40)29-20-22-32-33-18-11-17-30(26-12-5-3-6-13-26)38(33)46-37(32)25-29/h3-25H,1-2H3/i3D,5D,6D,12D,13D. The Morgan fingerprint density at radius 3 is 1.98 bits per heavy atom. The maximum absolute atomic E-state index is 8.57. The molecule has 46 heavy (non-hydrogen) atoms. The van der Waals surface area contributed by atoms with E-state index in [1.807, 2.05) is 60.7 Å². The average Bonchev–Trinajstić information content (AvgIpc) is 3.65. The Bertz CT molecular complexity index is 2710. The lowest BCUT2D eigenvalue weighted by Gasteiger charge is -2.21. The van der Waals surface area contributed by atoms with Gasteiger partial charge in [0.05, 0.1) is 6.85 Å². The molecule has 0 radical (unpaired) electrons. The number of para-hydroxylation sites is 1. The normalized spacial score (nSPS) is 14.7. The summed E-state index contributed by atoms with van der Waals surface area (Å²) >= 11 is 0. The molecule has 0 N–H and O–H groups in total. The van der Waals surface area contributed by atoms with Gasteiger partial charge in [0.1, 0.15) is 11.2 Å². The molecule has 0 saturated heterocycles. The second kappa shape index (κ2) is 10.1. The third-order valence-electron chi connectivity index (χ3n) is 9.04. The van der Waals surface area contributed by atoms with Gasteiger partial charge in [-0.25, -0.2) is 15.0 Å². The zero-order valence-corrected chi connectivity index (χ0v) is 25.1. The number of aromatic nitrogens is 3. The molecule has 0 spiro atoms. The van der Waals surface area contributed by atoms with Crippen molar-refractivity contribution in [1.29, 1.82) is 0 Å². The van der Waals surface area contributed by atoms with Gasteiger partial charge < -0.3 is 4.42 Å². The van der Waals surface area contributed by atoms with Gasteiger partial charge in [-0.3, -0.25) is 0 Å². The van der Waals surface area contributed by atoms with Gasteiger partial charge in [0.15, 0.2) is 17.5 Å². The molecule has 218 valence electrons. The third kappa shape index (κ3) is 4.11. The van der Waals surface area contributed by atoms with Crippen LogP contribution in [0.4, 0.5) is 0 Å². The average molecular weight is 597 g/mol. The van der Waals surface area contributed by atoms with E-state index < -0.39 is 18.1 Å². The molecular weight excluding hydrogens is 562 g/mol. The molecule has 9 rings (SSSR count). The number of benzene rings is 6. The Labute approximate surface area is 274 Å². The van der Waals surface area contributed by atoms with Crippen molar-refractivity contribution in [2.75, 3.05) is 0 Å². The summed E-state index contributed by atoms with van der Waals surface area (Å²) in [5.74, 6) is 1.58. The van der Waals surface area contributed by atoms with Crippen molar-refractivity contribution >= 4 is 21.9 Å². The van der Waals surface area contributed by atoms with Gasteiger partial charge >= 0.3 is 0 Å². The van der Waals surface area contributed by atoms with Crippen molar-refractivity contribution in [3.63, 3.8) is 0 Å². The summed E-state index contributed by atoms with van der Waals surface area (Å²) in [6.45, 7) is 4.51. The highest BCUT2D eigenvalue weighted by atomic mass is 16.3. The number of hydrogen-bond acceptors (Lipinski definition) is 4. The zero-order valence-electron chi connectivity index (χ0n) is 30.1. The molecule has 0 atom stereocenters. The molecule has 0 aliphatic heterocycles. The third-order valence-corrected chi connectivity index (χ3v) is 9.04. The van der Waals surface area contributed by atoms with E-state index in [2.05, 4.69) is 56.3 Å². The van der Waals surface area contributed by atoms with Crippen molar-refractivity contribution in [3.8, 4) is 56.4 Å². The molecule has 8 aromatic rings. The molecule has 0 saturated carbocycles. The van der Waals surface area contributed by atoms with E-state index in [4.69, 9.17) is 26.2 Å². The van der Waals surface area contributed by atoms with Crippen LogP contribution in [-0.2, 0) is 5.41 Å². The van der Waals surface area contributed by atoms with Gasteiger partial charge in [-0.05, 0) is 46.0 Å². The van der Waals surface area contributed by atoms with Crippen LogP contribution in [0.15, 0.2) is 144 Å². The van der Waals surface area contributed by atoms with Gasteiger partial charge in [-0.15, -0.1) is 0 Å². The summed E-state index contributed by atoms with van der Waals surface area (Å²) < 4.78 is 48.0. The summed E-state index contributed by atoms with van der Waals surface area (Å²) in [6, 6.07) is 34.3. The molecule has 2 aromatic heterocycles. The van der Waals surface area contributed by atoms with E-state index in [1.165, 1.54) is 22.3 Å². The van der Waals surface area contributed by atoms with Crippen molar-refractivity contribution in [2.24, 2.45) is 0 Å². The fraction of sp³-hybridized carbons (Fsp3) is 0.0714. The topological polar surface area (TPSA) is 51.8 Å². The lowest BCUT2D eigenvalue weighted by atomic mass is 9.82. The van der Waals surface area contributed by atoms with Crippen LogP contribution in [0, 0.1) is 0 Å². The van der Waals surface area contributed by atoms with Crippen LogP contribution in [0.2, 0.25) is 0 Å². The van der Waals surface area contributed by atoms with Crippen LogP contribution < -0.4 is 0 Å². The minimum atomic E-state index is -0.435. The molecule has 1 aliphatic rings. The van der Waals surface area contributed by atoms with Gasteiger partial charge in [0.2, 0.25) is 0 Å². The van der Waals surface area contributed by atoms with Crippen molar-refractivity contribution < 1.29 is 11.3 Å². The molecule has 4 nitrogen and oxygen atoms in total. The highest BCUT2D eigenvalue weighted by molar-refractivity contribution is 6.10. The second-order valence-electron chi connectivity index (χ2n) is 12.1. The first-order valence-electron chi connectivity index (χ1n) is 17.7. The van der Waals surface area contributed by atoms with Crippen molar-refractivity contribution in [2.45, 2.75) is 19.3 Å². The maximum atomic E-state index is 8.57. The largest absolute Gasteiger partial charge is 0.455 e. The summed E-state index contributed by atoms with van der Waals surface area (Å²) in [4.78, 5) is 14.9. The van der Waals surface area contributed by atoms with Crippen molar-refractivity contribution in [3.05, 3.63) is 151 Å². The van der Waals surface area contributed by atoms with Crippen LogP contribution in [0.5, 0.6) is 0 Å². The summed E-state index contributed by atoms with van der Waals surface area (Å²) in [5.41, 5.74) is 8.83. The van der Waals surface area contributed by atoms with Gasteiger partial charge in [0.25, 0.3) is 0 Å². The fourth-order valence-electron chi connectivity index (χ4n) is 6.73. The Hall–Kier alpha value is -5.87. The SMILES string of the molecule is [2H]c1c([2H])c([2H])c(-c2cccc3c2oc2cc(-c4nc(-c5ccccc5)nc(-c5ccc6c(c5)-c5ccccc5C6(C)C)n4)ccc23)c([2H])c1[2H]. The lowest BCUT2D eigenvalue weighted by molar-refractivity contribution is 0.660. The number of hydrogen-bond donors (Lipinski definition) is 0. The molecule has 1 aliphatic carbocycles. The number of rotatable bonds is 4. The Morgan fingerprint density at radius 2 is 1.17 bits per heavy atom. The first-order valence-corrected chi connectivity index (χ1v) is 15.2. The maximum Gasteiger partial charge on any atom is 0.164 e. The molecule has 2 heterocycles. The first kappa shape index (κ1) is 21.8. The monoisotopic (exact) mass is 596 g/mol. The van der Waals surface area contributed by atoms with Crippen molar-refractivity contribution in [1.82, 2.24) is 15.0 Å². The number of nitrogens with zero attached hydrogens (tertiary/aromatic N) is 3. The predicted octanol–water partition coefficient (Wildman–Crippen LogP) is 10.7. The second-order valence-corrected chi connectivity index (χ2v) is 12.1. The Kier molecular flexibility index (Phi) is 4.77. The molecule has 0 bridgehead atoms. The minimum absolute atomic E-state index is 0.0980. The lowest BCUT2D eigenvalue weighted by Crippen LogP contribution is -2.14. The van der Waals surface area contributed by atoms with E-state index in [-0.39, 0.29) is 23.1 Å². The summed E-state index contributed by atoms with van der Waals surface area (Å²) in [7, 11) is 0. The molecule has 6 aromatic carbocycles. The molecule has 0 fully saturated rings. The van der Waals surface area contributed by atoms with Crippen LogP contribution >= 0.6 is 0 Å². The van der Waals surface area contributed by atoms with Crippen LogP contribution in [0.3, 0.4) is 0 Å². The van der Waals surface area contributed by atoms with E-state index in [1.54, 1.807) is 6.07 Å². The van der Waals surface area contributed by atoms with Gasteiger partial charge in [0, 0.05) is 38.4 Å². The van der Waals surface area contributed by atoms with E-state index in [9.17, 15) is 0 Å². The molecule has 0 unspecified atom stereocenters. The fourth-order valence-corrected chi connectivity index (χ4v) is 6.73. The van der Waals surface area contributed by atoms with E-state index in [0.717, 1.165) is 27.5 Å². The van der Waals surface area contributed by atoms with Crippen LogP contribution in [-0.4, -0.2) is 15.0 Å². The van der Waals surface area contributed by atoms with E-state index in [0.29, 0.717) is 34.2 Å². The number of fused-ring (bicyclic) bond motifs is 6. The summed E-state index contributed by atoms with van der Waals surface area (Å²) in [6.07, 6.45) is 0. The molecule has 0 amide bonds. The highest BCUT2D eigenvalue weighted by Crippen LogP contribution is 2.49. The Balaban J connectivity index is 1.21. The molecular formula is C42H29N3O. The van der Waals surface area contributed by atoms with Crippen LogP contribution in [0.1, 0.15) is 31.8 Å². The first-order chi connectivity index (χ1) is 24.6. The highest BCUT2D eigenvalue weighted by Gasteiger charge is 2.35. The minimum Gasteiger partial charge on any atom is -0.455 e. The van der Waals surface area contributed by atoms with E-state index >= 15 is 0 Å². The Morgan fingerprint density at radius 1 is 0.522 bits per heavy atom. The molecule has 4 heteroatoms. The predicted molar refractivity (Wildman–Crippen MR) is 186 cm³/mol. The van der Waals surface area contributed by atoms with Gasteiger partial charge in [-0.2, -0.15) is 0 Å².